The molecule has 6 aromatic rings. The number of carboxylic acid groups (broad SMARTS) is 1. The topological polar surface area (TPSA) is 315 Å². The number of methoxy groups -OCH3 is 2. The number of carbonyl (C=O) groups excluding carboxylic acids is 1. The Labute approximate surface area is 454 Å². The molecule has 23 heteroatoms. The van der Waals surface area contributed by atoms with E-state index in [-0.39, 0.29) is 41.5 Å². The monoisotopic (exact) mass is 1070 g/mol. The average molecular weight is 1080 g/mol. The van der Waals surface area contributed by atoms with E-state index >= 15 is 0 Å². The summed E-state index contributed by atoms with van der Waals surface area (Å²) in [5.41, 5.74) is 9.47. The standard InChI is InChI=1S/C28H28N6O5.C23H21N5O5.C5H9NO/c1-36-28-19(27(35)34-26-20-13-38-14-21(20)26)3-5-24(33-28)32-25-11-22(30-15-31-25)16-2-4-23(17(10-16)12-29)39-18-6-8-37-9-7-18;1-31-22-17(23(29)30)3-5-20(28-22)27-21-11-18(25-13-26-21)14-2-4-19(15(10-14)12-24)33-16-6-8-32-9-7-16;6-5-3-1-7-2-4(3)5/h2-5,10-11,15,18,20-21,26H,6-9,13-14H2,1H3,(H,34,35)(H,30,31,32,33);2-5,10-11,13,16H,6-9H2,1H3,(H,29,30)(H,25,26,27,28);3-5H,1-2,6H2. The quantitative estimate of drug-likeness (QED) is 0.0775. The molecular formula is C56H58N12O11. The molecule has 2 aliphatic carbocycles. The van der Waals surface area contributed by atoms with Gasteiger partial charge in [0.05, 0.1) is 89.6 Å². The van der Waals surface area contributed by atoms with Gasteiger partial charge in [-0.2, -0.15) is 20.5 Å². The summed E-state index contributed by atoms with van der Waals surface area (Å²) in [6.07, 6.45) is 6.08. The lowest BCUT2D eigenvalue weighted by atomic mass is 10.1. The van der Waals surface area contributed by atoms with Crippen LogP contribution in [0.1, 0.15) is 57.5 Å². The Balaban J connectivity index is 0.000000159. The van der Waals surface area contributed by atoms with Crippen LogP contribution in [-0.4, -0.2) is 138 Å². The van der Waals surface area contributed by atoms with Crippen molar-refractivity contribution in [1.82, 2.24) is 35.2 Å². The normalized spacial score (nSPS) is 21.6. The van der Waals surface area contributed by atoms with Gasteiger partial charge in [0.25, 0.3) is 5.91 Å². The molecule has 2 saturated carbocycles. The first-order valence-electron chi connectivity index (χ1n) is 25.9. The molecule has 6 aliphatic rings. The van der Waals surface area contributed by atoms with E-state index in [0.717, 1.165) is 61.9 Å². The molecule has 0 radical (unpaired) electrons. The molecule has 4 unspecified atom stereocenters. The number of carboxylic acids is 1. The highest BCUT2D eigenvalue weighted by Crippen LogP contribution is 2.44. The van der Waals surface area contributed by atoms with Gasteiger partial charge in [-0.25, -0.2) is 24.7 Å². The summed E-state index contributed by atoms with van der Waals surface area (Å²) in [6.45, 7) is 5.87. The van der Waals surface area contributed by atoms with E-state index in [1.54, 1.807) is 48.5 Å². The molecule has 1 amide bonds. The Morgan fingerprint density at radius 3 is 1.48 bits per heavy atom. The molecule has 4 aromatic heterocycles. The van der Waals surface area contributed by atoms with Gasteiger partial charge in [-0.05, 0) is 60.7 Å². The second-order valence-corrected chi connectivity index (χ2v) is 19.5. The van der Waals surface area contributed by atoms with Gasteiger partial charge in [-0.15, -0.1) is 0 Å². The van der Waals surface area contributed by atoms with Crippen LogP contribution in [0.25, 0.3) is 22.5 Å². The third-order valence-electron chi connectivity index (χ3n) is 14.4. The van der Waals surface area contributed by atoms with Crippen LogP contribution in [0.2, 0.25) is 0 Å². The summed E-state index contributed by atoms with van der Waals surface area (Å²) in [7, 11) is 2.83. The molecule has 4 atom stereocenters. The SMILES string of the molecule is COc1nc(Nc2cc(-c3ccc(OC4CCOCC4)c(C#N)c3)ncn2)ccc1C(=O)NC1C2COCC21.COc1nc(Nc2cc(-c3ccc(OC4CCOCC4)c(C#N)c3)ncn2)ccc1C(=O)O.NC1C2COCC12. The van der Waals surface area contributed by atoms with E-state index in [2.05, 4.69) is 58.0 Å². The summed E-state index contributed by atoms with van der Waals surface area (Å²) >= 11 is 0. The lowest BCUT2D eigenvalue weighted by Gasteiger charge is -2.23. The van der Waals surface area contributed by atoms with E-state index in [4.69, 9.17) is 43.6 Å². The molecule has 4 saturated heterocycles. The number of nitrogens with two attached hydrogens (primary N) is 1. The molecule has 0 bridgehead atoms. The summed E-state index contributed by atoms with van der Waals surface area (Å²) < 4.78 is 43.8. The van der Waals surface area contributed by atoms with Gasteiger partial charge in [0.15, 0.2) is 0 Å². The fourth-order valence-corrected chi connectivity index (χ4v) is 9.77. The number of nitriles is 2. The minimum atomic E-state index is -1.13. The van der Waals surface area contributed by atoms with Crippen molar-refractivity contribution >= 4 is 35.1 Å². The highest BCUT2D eigenvalue weighted by molar-refractivity contribution is 5.97. The van der Waals surface area contributed by atoms with E-state index in [1.807, 2.05) is 12.1 Å². The van der Waals surface area contributed by atoms with Gasteiger partial charge in [-0.3, -0.25) is 4.79 Å². The number of carbonyl (C=O) groups is 2. The number of ether oxygens (including phenoxy) is 8. The highest BCUT2D eigenvalue weighted by Gasteiger charge is 2.55. The van der Waals surface area contributed by atoms with Crippen molar-refractivity contribution in [3.63, 3.8) is 0 Å². The third kappa shape index (κ3) is 13.1. The van der Waals surface area contributed by atoms with Crippen molar-refractivity contribution in [2.24, 2.45) is 29.4 Å². The minimum absolute atomic E-state index is 0.0134. The van der Waals surface area contributed by atoms with Crippen LogP contribution >= 0.6 is 0 Å². The number of rotatable bonds is 15. The Morgan fingerprint density at radius 2 is 1.05 bits per heavy atom. The van der Waals surface area contributed by atoms with E-state index in [9.17, 15) is 25.2 Å². The molecule has 6 fully saturated rings. The largest absolute Gasteiger partial charge is 0.489 e. The molecule has 2 aromatic carbocycles. The van der Waals surface area contributed by atoms with Crippen LogP contribution in [0.3, 0.4) is 0 Å². The Hall–Kier alpha value is -8.58. The molecule has 8 heterocycles. The van der Waals surface area contributed by atoms with Gasteiger partial charge >= 0.3 is 5.97 Å². The van der Waals surface area contributed by atoms with Crippen LogP contribution in [0.15, 0.2) is 85.5 Å². The van der Waals surface area contributed by atoms with E-state index in [0.29, 0.717) is 120 Å². The number of aromatic carboxylic acids is 1. The van der Waals surface area contributed by atoms with Crippen LogP contribution in [0.4, 0.5) is 23.3 Å². The van der Waals surface area contributed by atoms with Gasteiger partial charge in [0, 0.05) is 84.7 Å². The maximum atomic E-state index is 12.8. The van der Waals surface area contributed by atoms with Gasteiger partial charge in [0.1, 0.15) is 82.9 Å². The van der Waals surface area contributed by atoms with Gasteiger partial charge in [0.2, 0.25) is 11.8 Å². The third-order valence-corrected chi connectivity index (χ3v) is 14.4. The number of hydrogen-bond acceptors (Lipinski definition) is 21. The second kappa shape index (κ2) is 24.8. The molecule has 0 spiro atoms. The Kier molecular flexibility index (Phi) is 16.9. The van der Waals surface area contributed by atoms with E-state index < -0.39 is 5.97 Å². The summed E-state index contributed by atoms with van der Waals surface area (Å²) in [4.78, 5) is 49.8. The maximum absolute atomic E-state index is 12.8. The first-order valence-corrected chi connectivity index (χ1v) is 25.9. The molecule has 23 nitrogen and oxygen atoms in total. The Morgan fingerprint density at radius 1 is 0.595 bits per heavy atom. The zero-order valence-corrected chi connectivity index (χ0v) is 43.4. The molecule has 79 heavy (non-hydrogen) atoms. The van der Waals surface area contributed by atoms with Crippen LogP contribution in [0.5, 0.6) is 23.3 Å². The molecular weight excluding hydrogens is 1020 g/mol. The number of nitrogens with one attached hydrogen (secondary N) is 3. The molecule has 12 rings (SSSR count). The van der Waals surface area contributed by atoms with Crippen molar-refractivity contribution in [3.8, 4) is 57.9 Å². The predicted molar refractivity (Wildman–Crippen MR) is 283 cm³/mol. The first-order chi connectivity index (χ1) is 38.6. The Bertz CT molecular complexity index is 3230. The number of benzene rings is 2. The number of fused-ring (bicyclic) bond motifs is 2. The number of hydrogen-bond donors (Lipinski definition) is 5. The van der Waals surface area contributed by atoms with Crippen molar-refractivity contribution in [1.29, 1.82) is 10.5 Å². The van der Waals surface area contributed by atoms with E-state index in [1.165, 1.54) is 39.0 Å². The number of aromatic nitrogens is 6. The fourth-order valence-electron chi connectivity index (χ4n) is 9.77. The zero-order chi connectivity index (χ0) is 54.8. The van der Waals surface area contributed by atoms with Gasteiger partial charge in [-0.1, -0.05) is 0 Å². The highest BCUT2D eigenvalue weighted by atomic mass is 16.5. The molecule has 4 aliphatic heterocycles. The molecule has 408 valence electrons. The smallest absolute Gasteiger partial charge is 0.341 e. The van der Waals surface area contributed by atoms with Crippen molar-refractivity contribution in [3.05, 3.63) is 108 Å². The van der Waals surface area contributed by atoms with Crippen molar-refractivity contribution in [2.75, 3.05) is 77.7 Å². The molecule has 6 N–H and O–H groups in total. The minimum Gasteiger partial charge on any atom is -0.489 e. The van der Waals surface area contributed by atoms with Crippen molar-refractivity contribution in [2.45, 2.75) is 50.0 Å². The first kappa shape index (κ1) is 53.8. The summed E-state index contributed by atoms with van der Waals surface area (Å²) in [5.74, 6) is 3.99. The number of anilines is 4. The predicted octanol–water partition coefficient (Wildman–Crippen LogP) is 6.10. The van der Waals surface area contributed by atoms with Crippen LogP contribution in [-0.2, 0) is 18.9 Å². The van der Waals surface area contributed by atoms with Crippen LogP contribution < -0.4 is 40.6 Å². The fraction of sp³-hybridized carbons (Fsp3) is 0.393. The summed E-state index contributed by atoms with van der Waals surface area (Å²) in [5, 5.41) is 37.7. The lowest BCUT2D eigenvalue weighted by molar-refractivity contribution is 0.0252. The van der Waals surface area contributed by atoms with Gasteiger partial charge < -0.3 is 64.7 Å². The number of amides is 1. The maximum Gasteiger partial charge on any atom is 0.341 e. The average Bonchev–Trinajstić information content (AvgIpc) is 4.17. The number of pyridine rings is 2. The number of nitrogens with zero attached hydrogens (tertiary/aromatic N) is 8. The van der Waals surface area contributed by atoms with Crippen LogP contribution in [0, 0.1) is 46.3 Å². The summed E-state index contributed by atoms with van der Waals surface area (Å²) in [6, 6.07) is 25.6. The zero-order valence-electron chi connectivity index (χ0n) is 43.4. The van der Waals surface area contributed by atoms with Crippen molar-refractivity contribution < 1.29 is 52.6 Å². The second-order valence-electron chi connectivity index (χ2n) is 19.5. The lowest BCUT2D eigenvalue weighted by Crippen LogP contribution is -2.30.